The lowest BCUT2D eigenvalue weighted by Crippen LogP contribution is -2.41. The van der Waals surface area contributed by atoms with E-state index in [0.717, 1.165) is 0 Å². The van der Waals surface area contributed by atoms with E-state index in [0.29, 0.717) is 16.5 Å². The van der Waals surface area contributed by atoms with Gasteiger partial charge >= 0.3 is 0 Å². The van der Waals surface area contributed by atoms with Crippen LogP contribution in [0.4, 0.5) is 5.69 Å². The van der Waals surface area contributed by atoms with Gasteiger partial charge in [-0.15, -0.1) is 0 Å². The molecule has 0 heterocycles. The average molecular weight is 460 g/mol. The molecule has 0 aliphatic rings. The first-order valence-electron chi connectivity index (χ1n) is 8.92. The Balaban J connectivity index is 1.69. The summed E-state index contributed by atoms with van der Waals surface area (Å²) >= 11 is 5.80. The maximum atomic E-state index is 12.6. The molecule has 3 rings (SSSR count). The van der Waals surface area contributed by atoms with Crippen LogP contribution in [0, 0.1) is 0 Å². The lowest BCUT2D eigenvalue weighted by Gasteiger charge is -2.11. The Morgan fingerprint density at radius 3 is 2.03 bits per heavy atom. The number of nitrogens with one attached hydrogen (secondary N) is 3. The van der Waals surface area contributed by atoms with Crippen LogP contribution >= 0.6 is 11.6 Å². The maximum Gasteiger partial charge on any atom is 0.269 e. The zero-order valence-corrected chi connectivity index (χ0v) is 17.8. The average Bonchev–Trinajstić information content (AvgIpc) is 2.78. The number of carbonyl (C=O) groups is 2. The zero-order chi connectivity index (χ0) is 22.4. The van der Waals surface area contributed by atoms with Crippen LogP contribution in [0.25, 0.3) is 0 Å². The number of benzene rings is 3. The van der Waals surface area contributed by atoms with Crippen molar-refractivity contribution in [1.29, 1.82) is 0 Å². The monoisotopic (exact) mass is 459 g/mol. The molecule has 3 aromatic carbocycles. The first-order chi connectivity index (χ1) is 14.8. The van der Waals surface area contributed by atoms with Gasteiger partial charge in [-0.1, -0.05) is 23.7 Å². The van der Waals surface area contributed by atoms with Crippen molar-refractivity contribution >= 4 is 39.1 Å². The summed E-state index contributed by atoms with van der Waals surface area (Å²) in [7, 11) is -2.46. The molecule has 2 amide bonds. The molecule has 31 heavy (non-hydrogen) atoms. The number of hydrogen-bond acceptors (Lipinski definition) is 5. The molecule has 0 saturated carbocycles. The van der Waals surface area contributed by atoms with E-state index in [-0.39, 0.29) is 16.0 Å². The van der Waals surface area contributed by atoms with Crippen molar-refractivity contribution in [2.75, 3.05) is 11.8 Å². The molecule has 160 valence electrons. The van der Waals surface area contributed by atoms with Gasteiger partial charge in [0.25, 0.3) is 21.8 Å². The summed E-state index contributed by atoms with van der Waals surface area (Å²) in [5, 5.41) is 0.470. The van der Waals surface area contributed by atoms with E-state index in [1.54, 1.807) is 30.3 Å². The highest BCUT2D eigenvalue weighted by Crippen LogP contribution is 2.19. The van der Waals surface area contributed by atoms with Gasteiger partial charge in [0, 0.05) is 21.8 Å². The van der Waals surface area contributed by atoms with E-state index < -0.39 is 21.8 Å². The van der Waals surface area contributed by atoms with Crippen molar-refractivity contribution in [3.8, 4) is 5.75 Å². The third kappa shape index (κ3) is 5.74. The van der Waals surface area contributed by atoms with E-state index in [1.165, 1.54) is 49.6 Å². The van der Waals surface area contributed by atoms with Gasteiger partial charge in [-0.05, 0) is 60.7 Å². The topological polar surface area (TPSA) is 114 Å². The van der Waals surface area contributed by atoms with Gasteiger partial charge in [0.2, 0.25) is 0 Å². The fourth-order valence-electron chi connectivity index (χ4n) is 2.56. The van der Waals surface area contributed by atoms with Gasteiger partial charge in [-0.25, -0.2) is 8.42 Å². The molecule has 3 N–H and O–H groups in total. The predicted octanol–water partition coefficient (Wildman–Crippen LogP) is 3.22. The Kier molecular flexibility index (Phi) is 6.78. The van der Waals surface area contributed by atoms with Gasteiger partial charge in [-0.3, -0.25) is 25.2 Å². The zero-order valence-electron chi connectivity index (χ0n) is 16.3. The number of halogens is 1. The molecule has 8 nitrogen and oxygen atoms in total. The summed E-state index contributed by atoms with van der Waals surface area (Å²) in [5.74, 6) is -0.745. The number of hydrogen-bond donors (Lipinski definition) is 3. The largest absolute Gasteiger partial charge is 0.497 e. The summed E-state index contributed by atoms with van der Waals surface area (Å²) in [5.41, 5.74) is 5.19. The lowest BCUT2D eigenvalue weighted by atomic mass is 10.2. The number of anilines is 1. The third-order valence-electron chi connectivity index (χ3n) is 4.12. The highest BCUT2D eigenvalue weighted by atomic mass is 35.5. The normalized spacial score (nSPS) is 10.8. The van der Waals surface area contributed by atoms with Crippen LogP contribution in [0.1, 0.15) is 20.7 Å². The molecule has 0 aromatic heterocycles. The number of amides is 2. The SMILES string of the molecule is COc1cccc(C(=O)NNC(=O)c2cccc(S(=O)(=O)Nc3ccc(Cl)cc3)c2)c1. The number of hydrazine groups is 1. The fraction of sp³-hybridized carbons (Fsp3) is 0.0476. The molecule has 0 aliphatic heterocycles. The number of sulfonamides is 1. The van der Waals surface area contributed by atoms with Crippen LogP contribution < -0.4 is 20.3 Å². The summed E-state index contributed by atoms with van der Waals surface area (Å²) in [6.07, 6.45) is 0. The Labute approximate surface area is 184 Å². The molecule has 0 fully saturated rings. The minimum absolute atomic E-state index is 0.0462. The highest BCUT2D eigenvalue weighted by Gasteiger charge is 2.17. The van der Waals surface area contributed by atoms with Gasteiger partial charge in [-0.2, -0.15) is 0 Å². The molecule has 10 heteroatoms. The fourth-order valence-corrected chi connectivity index (χ4v) is 3.79. The molecule has 0 aliphatic carbocycles. The minimum atomic E-state index is -3.94. The van der Waals surface area contributed by atoms with Crippen molar-refractivity contribution in [1.82, 2.24) is 10.9 Å². The van der Waals surface area contributed by atoms with Crippen molar-refractivity contribution in [2.24, 2.45) is 0 Å². The van der Waals surface area contributed by atoms with Gasteiger partial charge < -0.3 is 4.74 Å². The van der Waals surface area contributed by atoms with Crippen LogP contribution in [0.5, 0.6) is 5.75 Å². The molecule has 0 spiro atoms. The van der Waals surface area contributed by atoms with Crippen LogP contribution in [-0.4, -0.2) is 27.3 Å². The quantitative estimate of drug-likeness (QED) is 0.490. The van der Waals surface area contributed by atoms with Crippen LogP contribution in [0.2, 0.25) is 5.02 Å². The molecule has 3 aromatic rings. The second-order valence-electron chi connectivity index (χ2n) is 6.28. The van der Waals surface area contributed by atoms with Crippen LogP contribution in [0.3, 0.4) is 0 Å². The van der Waals surface area contributed by atoms with E-state index in [9.17, 15) is 18.0 Å². The molecule has 0 unspecified atom stereocenters. The number of methoxy groups -OCH3 is 1. The smallest absolute Gasteiger partial charge is 0.269 e. The van der Waals surface area contributed by atoms with Gasteiger partial charge in [0.15, 0.2) is 0 Å². The Hall–Kier alpha value is -3.56. The lowest BCUT2D eigenvalue weighted by molar-refractivity contribution is 0.0846. The van der Waals surface area contributed by atoms with Crippen LogP contribution in [0.15, 0.2) is 77.7 Å². The first kappa shape index (κ1) is 22.1. The van der Waals surface area contributed by atoms with Crippen molar-refractivity contribution in [3.05, 3.63) is 88.9 Å². The molecular formula is C21H18ClN3O5S. The van der Waals surface area contributed by atoms with Crippen molar-refractivity contribution in [3.63, 3.8) is 0 Å². The predicted molar refractivity (Wildman–Crippen MR) is 117 cm³/mol. The summed E-state index contributed by atoms with van der Waals surface area (Å²) in [6.45, 7) is 0. The second-order valence-corrected chi connectivity index (χ2v) is 8.40. The molecule has 0 radical (unpaired) electrons. The minimum Gasteiger partial charge on any atom is -0.497 e. The Bertz CT molecular complexity index is 1210. The van der Waals surface area contributed by atoms with E-state index >= 15 is 0 Å². The number of rotatable bonds is 6. The van der Waals surface area contributed by atoms with E-state index in [4.69, 9.17) is 16.3 Å². The van der Waals surface area contributed by atoms with E-state index in [2.05, 4.69) is 15.6 Å². The molecule has 0 atom stereocenters. The Morgan fingerprint density at radius 2 is 1.42 bits per heavy atom. The highest BCUT2D eigenvalue weighted by molar-refractivity contribution is 7.92. The van der Waals surface area contributed by atoms with Crippen molar-refractivity contribution < 1.29 is 22.7 Å². The first-order valence-corrected chi connectivity index (χ1v) is 10.8. The third-order valence-corrected chi connectivity index (χ3v) is 5.76. The Morgan fingerprint density at radius 1 is 0.839 bits per heavy atom. The second kappa shape index (κ2) is 9.50. The van der Waals surface area contributed by atoms with E-state index in [1.807, 2.05) is 0 Å². The number of ether oxygens (including phenoxy) is 1. The molecular weight excluding hydrogens is 442 g/mol. The summed E-state index contributed by atoms with van der Waals surface area (Å²) < 4.78 is 32.7. The maximum absolute atomic E-state index is 12.6. The summed E-state index contributed by atoms with van der Waals surface area (Å²) in [6, 6.07) is 17.9. The van der Waals surface area contributed by atoms with Gasteiger partial charge in [0.1, 0.15) is 5.75 Å². The van der Waals surface area contributed by atoms with Crippen molar-refractivity contribution in [2.45, 2.75) is 4.90 Å². The van der Waals surface area contributed by atoms with Gasteiger partial charge in [0.05, 0.1) is 12.0 Å². The molecule has 0 bridgehead atoms. The molecule has 0 saturated heterocycles. The van der Waals surface area contributed by atoms with Crippen LogP contribution in [-0.2, 0) is 10.0 Å². The number of carbonyl (C=O) groups excluding carboxylic acids is 2. The summed E-state index contributed by atoms with van der Waals surface area (Å²) in [4.78, 5) is 24.5. The standard InChI is InChI=1S/C21H18ClN3O5S/c1-30-18-6-2-4-14(12-18)20(26)23-24-21(27)15-5-3-7-19(13-15)31(28,29)25-17-10-8-16(22)9-11-17/h2-13,25H,1H3,(H,23,26)(H,24,27).